The van der Waals surface area contributed by atoms with Gasteiger partial charge in [0, 0.05) is 45.0 Å². The SMILES string of the molecule is Cc1c(S(N)(=O)=O)cnc(NCCCN2CCN(C)CC2c2ccccc2)c1Br. The van der Waals surface area contributed by atoms with Crippen LogP contribution in [0.25, 0.3) is 0 Å². The fraction of sp³-hybridized carbons (Fsp3) is 0.450. The molecule has 1 saturated heterocycles. The molecule has 1 aromatic carbocycles. The number of hydrogen-bond acceptors (Lipinski definition) is 6. The van der Waals surface area contributed by atoms with Crippen LogP contribution in [0.3, 0.4) is 0 Å². The number of aromatic nitrogens is 1. The number of pyridine rings is 1. The lowest BCUT2D eigenvalue weighted by Gasteiger charge is -2.40. The quantitative estimate of drug-likeness (QED) is 0.590. The number of halogens is 1. The lowest BCUT2D eigenvalue weighted by Crippen LogP contribution is -2.47. The third-order valence-electron chi connectivity index (χ3n) is 5.32. The standard InChI is InChI=1S/C20H28BrN5O2S/c1-15-18(29(22,27)28)13-24-20(19(15)21)23-9-6-10-26-12-11-25(2)14-17(26)16-7-4-3-5-8-16/h3-5,7-8,13,17H,6,9-12,14H2,1-2H3,(H,23,24)(H2,22,27,28). The van der Waals surface area contributed by atoms with Crippen molar-refractivity contribution in [3.63, 3.8) is 0 Å². The summed E-state index contributed by atoms with van der Waals surface area (Å²) in [5, 5.41) is 8.54. The molecule has 158 valence electrons. The molecule has 2 heterocycles. The number of sulfonamides is 1. The van der Waals surface area contributed by atoms with Crippen molar-refractivity contribution in [3.8, 4) is 0 Å². The van der Waals surface area contributed by atoms with Gasteiger partial charge in [0.05, 0.1) is 4.47 Å². The normalized spacial score (nSPS) is 18.7. The minimum Gasteiger partial charge on any atom is -0.369 e. The highest BCUT2D eigenvalue weighted by Gasteiger charge is 2.26. The summed E-state index contributed by atoms with van der Waals surface area (Å²) >= 11 is 3.44. The smallest absolute Gasteiger partial charge is 0.239 e. The van der Waals surface area contributed by atoms with E-state index in [-0.39, 0.29) is 4.90 Å². The minimum atomic E-state index is -3.78. The lowest BCUT2D eigenvalue weighted by molar-refractivity contribution is 0.0896. The fourth-order valence-corrected chi connectivity index (χ4v) is 4.99. The summed E-state index contributed by atoms with van der Waals surface area (Å²) < 4.78 is 23.9. The van der Waals surface area contributed by atoms with Gasteiger partial charge in [0.2, 0.25) is 10.0 Å². The Kier molecular flexibility index (Phi) is 7.28. The molecule has 0 amide bonds. The molecule has 1 aliphatic rings. The Hall–Kier alpha value is -1.52. The second-order valence-corrected chi connectivity index (χ2v) is 9.78. The van der Waals surface area contributed by atoms with Gasteiger partial charge in [-0.25, -0.2) is 18.5 Å². The van der Waals surface area contributed by atoms with Gasteiger partial charge in [0.1, 0.15) is 10.7 Å². The number of primary sulfonamides is 1. The van der Waals surface area contributed by atoms with Crippen LogP contribution in [0.15, 0.2) is 45.9 Å². The Bertz CT molecular complexity index is 939. The maximum atomic E-state index is 11.6. The highest BCUT2D eigenvalue weighted by atomic mass is 79.9. The van der Waals surface area contributed by atoms with E-state index < -0.39 is 10.0 Å². The van der Waals surface area contributed by atoms with Crippen LogP contribution < -0.4 is 10.5 Å². The molecule has 1 aromatic heterocycles. The van der Waals surface area contributed by atoms with Crippen LogP contribution in [-0.2, 0) is 10.0 Å². The topological polar surface area (TPSA) is 91.6 Å². The first-order chi connectivity index (χ1) is 13.8. The number of benzene rings is 1. The monoisotopic (exact) mass is 481 g/mol. The van der Waals surface area contributed by atoms with Crippen LogP contribution in [0.4, 0.5) is 5.82 Å². The van der Waals surface area contributed by atoms with Crippen LogP contribution in [0, 0.1) is 6.92 Å². The van der Waals surface area contributed by atoms with Crippen molar-refractivity contribution in [1.29, 1.82) is 0 Å². The van der Waals surface area contributed by atoms with Crippen molar-refractivity contribution in [1.82, 2.24) is 14.8 Å². The fourth-order valence-electron chi connectivity index (χ4n) is 3.68. The molecule has 0 aliphatic carbocycles. The Labute approximate surface area is 181 Å². The zero-order valence-corrected chi connectivity index (χ0v) is 19.2. The first-order valence-electron chi connectivity index (χ1n) is 9.66. The summed E-state index contributed by atoms with van der Waals surface area (Å²) in [6.45, 7) is 6.57. The minimum absolute atomic E-state index is 0.0399. The molecule has 1 aliphatic heterocycles. The highest BCUT2D eigenvalue weighted by molar-refractivity contribution is 9.10. The van der Waals surface area contributed by atoms with Gasteiger partial charge < -0.3 is 10.2 Å². The summed E-state index contributed by atoms with van der Waals surface area (Å²) in [6, 6.07) is 11.0. The second kappa shape index (κ2) is 9.53. The third-order valence-corrected chi connectivity index (χ3v) is 7.31. The number of rotatable bonds is 7. The summed E-state index contributed by atoms with van der Waals surface area (Å²) in [5.74, 6) is 0.632. The van der Waals surface area contributed by atoms with Gasteiger partial charge in [-0.2, -0.15) is 0 Å². The Balaban J connectivity index is 1.59. The number of nitrogens with zero attached hydrogens (tertiary/aromatic N) is 3. The van der Waals surface area contributed by atoms with E-state index in [4.69, 9.17) is 5.14 Å². The molecule has 7 nitrogen and oxygen atoms in total. The van der Waals surface area contributed by atoms with E-state index >= 15 is 0 Å². The van der Waals surface area contributed by atoms with E-state index in [1.54, 1.807) is 6.92 Å². The van der Waals surface area contributed by atoms with Crippen LogP contribution >= 0.6 is 15.9 Å². The molecule has 2 aromatic rings. The number of nitrogens with one attached hydrogen (secondary N) is 1. The zero-order valence-electron chi connectivity index (χ0n) is 16.8. The van der Waals surface area contributed by atoms with Gasteiger partial charge in [0.15, 0.2) is 0 Å². The molecule has 9 heteroatoms. The molecule has 1 unspecified atom stereocenters. The van der Waals surface area contributed by atoms with Crippen molar-refractivity contribution in [2.45, 2.75) is 24.3 Å². The Morgan fingerprint density at radius 3 is 2.69 bits per heavy atom. The average molecular weight is 482 g/mol. The van der Waals surface area contributed by atoms with Crippen LogP contribution in [0.1, 0.15) is 23.6 Å². The van der Waals surface area contributed by atoms with E-state index in [2.05, 4.69) is 73.4 Å². The van der Waals surface area contributed by atoms with Crippen LogP contribution in [0.2, 0.25) is 0 Å². The summed E-state index contributed by atoms with van der Waals surface area (Å²) in [5.41, 5.74) is 1.92. The highest BCUT2D eigenvalue weighted by Crippen LogP contribution is 2.28. The maximum Gasteiger partial charge on any atom is 0.239 e. The largest absolute Gasteiger partial charge is 0.369 e. The van der Waals surface area contributed by atoms with E-state index in [0.29, 0.717) is 21.9 Å². The molecule has 3 N–H and O–H groups in total. The van der Waals surface area contributed by atoms with E-state index in [9.17, 15) is 8.42 Å². The number of anilines is 1. The molecule has 0 spiro atoms. The van der Waals surface area contributed by atoms with Crippen molar-refractivity contribution < 1.29 is 8.42 Å². The molecule has 0 radical (unpaired) electrons. The first-order valence-corrected chi connectivity index (χ1v) is 12.0. The number of nitrogens with two attached hydrogens (primary N) is 1. The average Bonchev–Trinajstić information content (AvgIpc) is 2.69. The van der Waals surface area contributed by atoms with Crippen molar-refractivity contribution >= 4 is 31.8 Å². The van der Waals surface area contributed by atoms with Crippen LogP contribution in [0.5, 0.6) is 0 Å². The summed E-state index contributed by atoms with van der Waals surface area (Å²) in [4.78, 5) is 9.18. The van der Waals surface area contributed by atoms with E-state index in [1.807, 2.05) is 0 Å². The Morgan fingerprint density at radius 2 is 2.00 bits per heavy atom. The maximum absolute atomic E-state index is 11.6. The summed E-state index contributed by atoms with van der Waals surface area (Å²) in [6.07, 6.45) is 2.26. The molecule has 3 rings (SSSR count). The molecule has 1 atom stereocenters. The first kappa shape index (κ1) is 22.2. The molecule has 0 bridgehead atoms. The van der Waals surface area contributed by atoms with Gasteiger partial charge in [-0.1, -0.05) is 30.3 Å². The van der Waals surface area contributed by atoms with Gasteiger partial charge in [0.25, 0.3) is 0 Å². The van der Waals surface area contributed by atoms with Gasteiger partial charge >= 0.3 is 0 Å². The number of piperazine rings is 1. The molecule has 29 heavy (non-hydrogen) atoms. The van der Waals surface area contributed by atoms with Gasteiger partial charge in [-0.05, 0) is 47.4 Å². The predicted octanol–water partition coefficient (Wildman–Crippen LogP) is 2.59. The van der Waals surface area contributed by atoms with Crippen molar-refractivity contribution in [2.75, 3.05) is 45.1 Å². The van der Waals surface area contributed by atoms with E-state index in [1.165, 1.54) is 11.8 Å². The third kappa shape index (κ3) is 5.55. The van der Waals surface area contributed by atoms with E-state index in [0.717, 1.165) is 39.1 Å². The second-order valence-electron chi connectivity index (χ2n) is 7.46. The van der Waals surface area contributed by atoms with Crippen LogP contribution in [-0.4, -0.2) is 63.0 Å². The molecule has 0 saturated carbocycles. The van der Waals surface area contributed by atoms with Gasteiger partial charge in [-0.3, -0.25) is 4.90 Å². The lowest BCUT2D eigenvalue weighted by atomic mass is 10.0. The molecular weight excluding hydrogens is 454 g/mol. The number of hydrogen-bond donors (Lipinski definition) is 2. The zero-order chi connectivity index (χ0) is 21.0. The number of likely N-dealkylation sites (N-methyl/N-ethyl adjacent to an activating group) is 1. The Morgan fingerprint density at radius 1 is 1.28 bits per heavy atom. The van der Waals surface area contributed by atoms with Crippen molar-refractivity contribution in [3.05, 3.63) is 52.1 Å². The van der Waals surface area contributed by atoms with Crippen molar-refractivity contribution in [2.24, 2.45) is 5.14 Å². The summed E-state index contributed by atoms with van der Waals surface area (Å²) in [7, 11) is -1.61. The molecule has 1 fully saturated rings. The molecular formula is C20H28BrN5O2S. The van der Waals surface area contributed by atoms with Gasteiger partial charge in [-0.15, -0.1) is 0 Å². The predicted molar refractivity (Wildman–Crippen MR) is 119 cm³/mol.